The molecule has 124 valence electrons. The number of amides is 1. The quantitative estimate of drug-likeness (QED) is 0.843. The second-order valence-electron chi connectivity index (χ2n) is 5.65. The van der Waals surface area contributed by atoms with Crippen LogP contribution in [0.4, 0.5) is 22.4 Å². The molecule has 1 aromatic rings. The molecule has 0 spiro atoms. The van der Waals surface area contributed by atoms with E-state index < -0.39 is 35.7 Å². The molecule has 0 saturated carbocycles. The zero-order valence-corrected chi connectivity index (χ0v) is 12.5. The molecule has 1 N–H and O–H groups in total. The van der Waals surface area contributed by atoms with Gasteiger partial charge in [-0.15, -0.1) is 13.2 Å². The van der Waals surface area contributed by atoms with Gasteiger partial charge in [-0.1, -0.05) is 0 Å². The Balaban J connectivity index is 2.86. The molecule has 1 unspecified atom stereocenters. The van der Waals surface area contributed by atoms with Crippen LogP contribution in [-0.4, -0.2) is 18.0 Å². The molecule has 4 nitrogen and oxygen atoms in total. The van der Waals surface area contributed by atoms with Gasteiger partial charge in [-0.3, -0.25) is 0 Å². The Labute approximate surface area is 125 Å². The van der Waals surface area contributed by atoms with E-state index in [0.29, 0.717) is 0 Å². The molecule has 1 atom stereocenters. The lowest BCUT2D eigenvalue weighted by Crippen LogP contribution is -2.41. The monoisotopic (exact) mass is 323 g/mol. The molecule has 0 saturated heterocycles. The van der Waals surface area contributed by atoms with Crippen molar-refractivity contribution in [3.05, 3.63) is 29.6 Å². The van der Waals surface area contributed by atoms with Crippen LogP contribution >= 0.6 is 0 Å². The zero-order valence-electron chi connectivity index (χ0n) is 12.5. The maximum Gasteiger partial charge on any atom is 0.573 e. The first-order chi connectivity index (χ1) is 9.87. The molecule has 1 rings (SSSR count). The Bertz CT molecular complexity index is 538. The normalized spacial score (nSPS) is 13.5. The van der Waals surface area contributed by atoms with Crippen molar-refractivity contribution >= 4 is 6.09 Å². The molecule has 22 heavy (non-hydrogen) atoms. The number of carbonyl (C=O) groups is 1. The van der Waals surface area contributed by atoms with E-state index in [4.69, 9.17) is 4.74 Å². The fourth-order valence-corrected chi connectivity index (χ4v) is 1.59. The molecule has 0 aliphatic heterocycles. The lowest BCUT2D eigenvalue weighted by atomic mass is 10.1. The molecule has 0 radical (unpaired) electrons. The number of carbonyl (C=O) groups excluding carboxylic acids is 1. The van der Waals surface area contributed by atoms with Crippen LogP contribution < -0.4 is 10.1 Å². The topological polar surface area (TPSA) is 47.6 Å². The Morgan fingerprint density at radius 1 is 1.23 bits per heavy atom. The second-order valence-corrected chi connectivity index (χ2v) is 5.65. The van der Waals surface area contributed by atoms with Crippen molar-refractivity contribution in [3.8, 4) is 5.75 Å². The number of benzene rings is 1. The predicted molar refractivity (Wildman–Crippen MR) is 70.9 cm³/mol. The summed E-state index contributed by atoms with van der Waals surface area (Å²) in [4.78, 5) is 11.6. The molecule has 0 aromatic heterocycles. The molecule has 1 amide bonds. The minimum Gasteiger partial charge on any atom is -0.442 e. The van der Waals surface area contributed by atoms with Crippen molar-refractivity contribution in [1.29, 1.82) is 0 Å². The molecule has 0 fully saturated rings. The smallest absolute Gasteiger partial charge is 0.442 e. The highest BCUT2D eigenvalue weighted by Crippen LogP contribution is 2.28. The van der Waals surface area contributed by atoms with Crippen molar-refractivity contribution < 1.29 is 31.8 Å². The van der Waals surface area contributed by atoms with Crippen molar-refractivity contribution in [2.24, 2.45) is 0 Å². The van der Waals surface area contributed by atoms with Crippen LogP contribution in [0.15, 0.2) is 18.2 Å². The zero-order chi connectivity index (χ0) is 17.1. The molecule has 1 aromatic carbocycles. The minimum absolute atomic E-state index is 0.217. The number of rotatable bonds is 3. The second kappa shape index (κ2) is 6.41. The van der Waals surface area contributed by atoms with Crippen LogP contribution in [-0.2, 0) is 4.74 Å². The van der Waals surface area contributed by atoms with Gasteiger partial charge in [0.15, 0.2) is 0 Å². The minimum atomic E-state index is -4.89. The summed E-state index contributed by atoms with van der Waals surface area (Å²) < 4.78 is 58.8. The summed E-state index contributed by atoms with van der Waals surface area (Å²) >= 11 is 0. The summed E-state index contributed by atoms with van der Waals surface area (Å²) in [6.07, 6.45) is -6.77. The van der Waals surface area contributed by atoms with Crippen molar-refractivity contribution in [3.63, 3.8) is 0 Å². The molecule has 0 heterocycles. The van der Waals surface area contributed by atoms with Gasteiger partial charge in [0.25, 0.3) is 0 Å². The summed E-state index contributed by atoms with van der Waals surface area (Å²) in [6, 6.07) is 2.50. The standard InChI is InChI=1S/C14H17F4NO3/c1-8(21-12(20)19-13(2,3)4)10-7-9(5-6-11(10)15)22-14(16,17)18/h5-8H,1-4H3,(H,19,20). The largest absolute Gasteiger partial charge is 0.573 e. The van der Waals surface area contributed by atoms with Gasteiger partial charge in [0.2, 0.25) is 0 Å². The lowest BCUT2D eigenvalue weighted by molar-refractivity contribution is -0.274. The van der Waals surface area contributed by atoms with Crippen molar-refractivity contribution in [2.75, 3.05) is 0 Å². The van der Waals surface area contributed by atoms with Gasteiger partial charge in [0, 0.05) is 11.1 Å². The number of hydrogen-bond acceptors (Lipinski definition) is 3. The number of alkyl carbamates (subject to hydrolysis) is 1. The molecular weight excluding hydrogens is 306 g/mol. The van der Waals surface area contributed by atoms with Gasteiger partial charge in [-0.25, -0.2) is 9.18 Å². The Hall–Kier alpha value is -1.99. The highest BCUT2D eigenvalue weighted by Gasteiger charge is 2.31. The molecule has 8 heteroatoms. The van der Waals surface area contributed by atoms with E-state index in [0.717, 1.165) is 18.2 Å². The van der Waals surface area contributed by atoms with Crippen LogP contribution in [0.2, 0.25) is 0 Å². The van der Waals surface area contributed by atoms with E-state index in [1.165, 1.54) is 6.92 Å². The SMILES string of the molecule is CC(OC(=O)NC(C)(C)C)c1cc(OC(F)(F)F)ccc1F. The van der Waals surface area contributed by atoms with Crippen molar-refractivity contribution in [1.82, 2.24) is 5.32 Å². The van der Waals surface area contributed by atoms with Gasteiger partial charge in [-0.2, -0.15) is 0 Å². The van der Waals surface area contributed by atoms with Crippen LogP contribution in [0.25, 0.3) is 0 Å². The maximum atomic E-state index is 13.7. The highest BCUT2D eigenvalue weighted by atomic mass is 19.4. The van der Waals surface area contributed by atoms with Crippen LogP contribution in [0.3, 0.4) is 0 Å². The van der Waals surface area contributed by atoms with Crippen LogP contribution in [0.5, 0.6) is 5.75 Å². The maximum absolute atomic E-state index is 13.7. The van der Waals surface area contributed by atoms with E-state index >= 15 is 0 Å². The fraction of sp³-hybridized carbons (Fsp3) is 0.500. The number of ether oxygens (including phenoxy) is 2. The first-order valence-corrected chi connectivity index (χ1v) is 6.41. The van der Waals surface area contributed by atoms with Crippen molar-refractivity contribution in [2.45, 2.75) is 45.7 Å². The van der Waals surface area contributed by atoms with Crippen LogP contribution in [0, 0.1) is 5.82 Å². The number of alkyl halides is 3. The van der Waals surface area contributed by atoms with Gasteiger partial charge in [-0.05, 0) is 45.9 Å². The highest BCUT2D eigenvalue weighted by molar-refractivity contribution is 5.68. The predicted octanol–water partition coefficient (Wildman–Crippen LogP) is 4.31. The van der Waals surface area contributed by atoms with E-state index in [1.54, 1.807) is 20.8 Å². The van der Waals surface area contributed by atoms with Gasteiger partial charge < -0.3 is 14.8 Å². The Morgan fingerprint density at radius 2 is 1.82 bits per heavy atom. The van der Waals surface area contributed by atoms with E-state index in [1.807, 2.05) is 0 Å². The Kier molecular flexibility index (Phi) is 5.26. The lowest BCUT2D eigenvalue weighted by Gasteiger charge is -2.22. The molecule has 0 aliphatic rings. The van der Waals surface area contributed by atoms with Gasteiger partial charge >= 0.3 is 12.5 Å². The summed E-state index contributed by atoms with van der Waals surface area (Å²) in [5, 5.41) is 2.50. The Morgan fingerprint density at radius 3 is 2.32 bits per heavy atom. The van der Waals surface area contributed by atoms with Gasteiger partial charge in [0.05, 0.1) is 0 Å². The first kappa shape index (κ1) is 18.1. The number of nitrogens with one attached hydrogen (secondary N) is 1. The molecule has 0 bridgehead atoms. The summed E-state index contributed by atoms with van der Waals surface area (Å²) in [5.41, 5.74) is -0.776. The third-order valence-corrected chi connectivity index (χ3v) is 2.40. The average molecular weight is 323 g/mol. The van der Waals surface area contributed by atoms with Crippen LogP contribution in [0.1, 0.15) is 39.4 Å². The summed E-state index contributed by atoms with van der Waals surface area (Å²) in [7, 11) is 0. The molecule has 0 aliphatic carbocycles. The number of halogens is 4. The first-order valence-electron chi connectivity index (χ1n) is 6.41. The average Bonchev–Trinajstić information content (AvgIpc) is 2.26. The van der Waals surface area contributed by atoms with Gasteiger partial charge in [0.1, 0.15) is 17.7 Å². The summed E-state index contributed by atoms with van der Waals surface area (Å²) in [6.45, 7) is 6.50. The van der Waals surface area contributed by atoms with E-state index in [9.17, 15) is 22.4 Å². The molecular formula is C14H17F4NO3. The van der Waals surface area contributed by atoms with E-state index in [2.05, 4.69) is 10.1 Å². The summed E-state index contributed by atoms with van der Waals surface area (Å²) in [5.74, 6) is -1.39. The third-order valence-electron chi connectivity index (χ3n) is 2.40. The van der Waals surface area contributed by atoms with E-state index in [-0.39, 0.29) is 5.56 Å². The fourth-order valence-electron chi connectivity index (χ4n) is 1.59. The number of hydrogen-bond donors (Lipinski definition) is 1. The third kappa shape index (κ3) is 6.19.